The van der Waals surface area contributed by atoms with Crippen molar-refractivity contribution >= 4 is 15.9 Å². The van der Waals surface area contributed by atoms with Crippen LogP contribution in [0.2, 0.25) is 0 Å². The maximum Gasteiger partial charge on any atom is 0.123 e. The molecule has 0 radical (unpaired) electrons. The number of nitrogens with zero attached hydrogens (tertiary/aromatic N) is 1. The molecule has 0 amide bonds. The second-order valence-electron chi connectivity index (χ2n) is 3.79. The van der Waals surface area contributed by atoms with Crippen LogP contribution in [0.5, 0.6) is 0 Å². The maximum atomic E-state index is 13.0. The summed E-state index contributed by atoms with van der Waals surface area (Å²) in [6.07, 6.45) is 2.95. The molecule has 2 rings (SSSR count). The molecular weight excluding hydrogens is 285 g/mol. The molecule has 0 fully saturated rings. The van der Waals surface area contributed by atoms with Crippen LogP contribution in [0.25, 0.3) is 0 Å². The average molecular weight is 296 g/mol. The average Bonchev–Trinajstić information content (AvgIpc) is 2.29. The third-order valence-corrected chi connectivity index (χ3v) is 2.86. The molecule has 1 aromatic carbocycles. The third kappa shape index (κ3) is 3.35. The van der Waals surface area contributed by atoms with Crippen molar-refractivity contribution in [3.8, 4) is 0 Å². The zero-order valence-corrected chi connectivity index (χ0v) is 10.6. The Morgan fingerprint density at radius 2 is 2.12 bits per heavy atom. The van der Waals surface area contributed by atoms with Gasteiger partial charge in [0.05, 0.1) is 6.10 Å². The quantitative estimate of drug-likeness (QED) is 0.943. The fourth-order valence-electron chi connectivity index (χ4n) is 1.62. The van der Waals surface area contributed by atoms with Crippen molar-refractivity contribution in [1.82, 2.24) is 4.98 Å². The van der Waals surface area contributed by atoms with Gasteiger partial charge in [-0.1, -0.05) is 12.1 Å². The van der Waals surface area contributed by atoms with E-state index >= 15 is 0 Å². The van der Waals surface area contributed by atoms with Gasteiger partial charge in [0.2, 0.25) is 0 Å². The highest BCUT2D eigenvalue weighted by Crippen LogP contribution is 2.20. The van der Waals surface area contributed by atoms with Crippen LogP contribution in [0.15, 0.2) is 47.2 Å². The minimum atomic E-state index is -0.679. The summed E-state index contributed by atoms with van der Waals surface area (Å²) in [4.78, 5) is 3.98. The van der Waals surface area contributed by atoms with Gasteiger partial charge < -0.3 is 5.11 Å². The lowest BCUT2D eigenvalue weighted by Gasteiger charge is -2.10. The van der Waals surface area contributed by atoms with Gasteiger partial charge in [-0.3, -0.25) is 4.98 Å². The van der Waals surface area contributed by atoms with Gasteiger partial charge in [-0.25, -0.2) is 4.39 Å². The smallest absolute Gasteiger partial charge is 0.123 e. The molecule has 4 heteroatoms. The number of halogens is 2. The van der Waals surface area contributed by atoms with Crippen LogP contribution in [0.4, 0.5) is 4.39 Å². The van der Waals surface area contributed by atoms with E-state index < -0.39 is 6.10 Å². The molecule has 2 aromatic rings. The van der Waals surface area contributed by atoms with E-state index in [1.165, 1.54) is 12.1 Å². The molecule has 2 nitrogen and oxygen atoms in total. The molecule has 1 unspecified atom stereocenters. The van der Waals surface area contributed by atoms with Gasteiger partial charge in [-0.2, -0.15) is 0 Å². The molecule has 17 heavy (non-hydrogen) atoms. The summed E-state index contributed by atoms with van der Waals surface area (Å²) in [6.45, 7) is 0. The summed E-state index contributed by atoms with van der Waals surface area (Å²) in [5.41, 5.74) is 1.47. The molecule has 0 aliphatic carbocycles. The Morgan fingerprint density at radius 3 is 2.82 bits per heavy atom. The first-order valence-corrected chi connectivity index (χ1v) is 5.97. The molecule has 0 saturated heterocycles. The monoisotopic (exact) mass is 295 g/mol. The van der Waals surface area contributed by atoms with Gasteiger partial charge in [-0.05, 0) is 39.7 Å². The van der Waals surface area contributed by atoms with E-state index in [1.807, 2.05) is 0 Å². The first kappa shape index (κ1) is 12.2. The summed E-state index contributed by atoms with van der Waals surface area (Å²) >= 11 is 3.29. The van der Waals surface area contributed by atoms with Crippen LogP contribution in [-0.2, 0) is 6.42 Å². The molecule has 88 valence electrons. The van der Waals surface area contributed by atoms with Crippen LogP contribution >= 0.6 is 15.9 Å². The summed E-state index contributed by atoms with van der Waals surface area (Å²) in [5, 5.41) is 10.0. The highest BCUT2D eigenvalue weighted by molar-refractivity contribution is 9.10. The van der Waals surface area contributed by atoms with E-state index in [2.05, 4.69) is 20.9 Å². The molecule has 1 aromatic heterocycles. The number of pyridine rings is 1. The lowest BCUT2D eigenvalue weighted by atomic mass is 10.0. The largest absolute Gasteiger partial charge is 0.388 e. The number of aliphatic hydroxyl groups is 1. The summed E-state index contributed by atoms with van der Waals surface area (Å²) < 4.78 is 13.8. The van der Waals surface area contributed by atoms with Gasteiger partial charge in [0.1, 0.15) is 5.82 Å². The Morgan fingerprint density at radius 1 is 1.29 bits per heavy atom. The number of benzene rings is 1. The Hall–Kier alpha value is -1.26. The van der Waals surface area contributed by atoms with Crippen molar-refractivity contribution in [2.45, 2.75) is 12.5 Å². The number of aromatic nitrogens is 1. The van der Waals surface area contributed by atoms with E-state index in [-0.39, 0.29) is 5.82 Å². The van der Waals surface area contributed by atoms with E-state index in [9.17, 15) is 9.50 Å². The zero-order valence-electron chi connectivity index (χ0n) is 8.98. The number of hydrogen-bond donors (Lipinski definition) is 1. The van der Waals surface area contributed by atoms with Crippen molar-refractivity contribution in [2.75, 3.05) is 0 Å². The normalized spacial score (nSPS) is 12.4. The number of hydrogen-bond acceptors (Lipinski definition) is 2. The van der Waals surface area contributed by atoms with Gasteiger partial charge >= 0.3 is 0 Å². The van der Waals surface area contributed by atoms with Crippen molar-refractivity contribution < 1.29 is 9.50 Å². The molecule has 1 N–H and O–H groups in total. The topological polar surface area (TPSA) is 33.1 Å². The predicted molar refractivity (Wildman–Crippen MR) is 67.0 cm³/mol. The van der Waals surface area contributed by atoms with Gasteiger partial charge in [0.25, 0.3) is 0 Å². The second kappa shape index (κ2) is 5.38. The highest BCUT2D eigenvalue weighted by atomic mass is 79.9. The maximum absolute atomic E-state index is 13.0. The molecule has 0 bridgehead atoms. The Labute approximate surface area is 107 Å². The Bertz CT molecular complexity index is 518. The third-order valence-electron chi connectivity index (χ3n) is 2.43. The van der Waals surface area contributed by atoms with E-state index in [0.29, 0.717) is 12.0 Å². The van der Waals surface area contributed by atoms with Crippen molar-refractivity contribution in [1.29, 1.82) is 0 Å². The van der Waals surface area contributed by atoms with Crippen molar-refractivity contribution in [2.24, 2.45) is 0 Å². The van der Waals surface area contributed by atoms with Gasteiger partial charge in [-0.15, -0.1) is 0 Å². The summed E-state index contributed by atoms with van der Waals surface area (Å²) in [5.74, 6) is -0.290. The fraction of sp³-hybridized carbons (Fsp3) is 0.154. The minimum Gasteiger partial charge on any atom is -0.388 e. The van der Waals surface area contributed by atoms with E-state index in [1.54, 1.807) is 30.6 Å². The van der Waals surface area contributed by atoms with Crippen LogP contribution in [-0.4, -0.2) is 10.1 Å². The van der Waals surface area contributed by atoms with Crippen LogP contribution in [0, 0.1) is 5.82 Å². The predicted octanol–water partition coefficient (Wildman–Crippen LogP) is 3.26. The minimum absolute atomic E-state index is 0.290. The highest BCUT2D eigenvalue weighted by Gasteiger charge is 2.09. The summed E-state index contributed by atoms with van der Waals surface area (Å²) in [7, 11) is 0. The molecular formula is C13H11BrFNO. The first-order valence-electron chi connectivity index (χ1n) is 5.18. The van der Waals surface area contributed by atoms with Crippen LogP contribution < -0.4 is 0 Å². The van der Waals surface area contributed by atoms with Crippen molar-refractivity contribution in [3.63, 3.8) is 0 Å². The Balaban J connectivity index is 2.14. The summed E-state index contributed by atoms with van der Waals surface area (Å²) in [6, 6.07) is 8.04. The SMILES string of the molecule is OC(Cc1cccc(F)c1)c1cncc(Br)c1. The fourth-order valence-corrected chi connectivity index (χ4v) is 2.00. The molecule has 1 heterocycles. The van der Waals surface area contributed by atoms with Crippen molar-refractivity contribution in [3.05, 3.63) is 64.1 Å². The molecule has 0 spiro atoms. The first-order chi connectivity index (χ1) is 8.15. The van der Waals surface area contributed by atoms with E-state index in [4.69, 9.17) is 0 Å². The lowest BCUT2D eigenvalue weighted by Crippen LogP contribution is -2.02. The number of aliphatic hydroxyl groups excluding tert-OH is 1. The van der Waals surface area contributed by atoms with Crippen LogP contribution in [0.3, 0.4) is 0 Å². The Kier molecular flexibility index (Phi) is 3.86. The standard InChI is InChI=1S/C13H11BrFNO/c14-11-6-10(7-16-8-11)13(17)5-9-2-1-3-12(15)4-9/h1-4,6-8,13,17H,5H2. The molecule has 0 saturated carbocycles. The molecule has 0 aliphatic rings. The van der Waals surface area contributed by atoms with E-state index in [0.717, 1.165) is 10.0 Å². The zero-order chi connectivity index (χ0) is 12.3. The number of rotatable bonds is 3. The second-order valence-corrected chi connectivity index (χ2v) is 4.70. The molecule has 0 aliphatic heterocycles. The van der Waals surface area contributed by atoms with Gasteiger partial charge in [0, 0.05) is 28.9 Å². The van der Waals surface area contributed by atoms with Crippen LogP contribution in [0.1, 0.15) is 17.2 Å². The molecule has 1 atom stereocenters. The lowest BCUT2D eigenvalue weighted by molar-refractivity contribution is 0.178. The van der Waals surface area contributed by atoms with Gasteiger partial charge in [0.15, 0.2) is 0 Å².